The van der Waals surface area contributed by atoms with E-state index in [0.29, 0.717) is 0 Å². The van der Waals surface area contributed by atoms with Crippen molar-refractivity contribution in [3.05, 3.63) is 58.2 Å². The SMILES string of the molecule is Cc1cc2cc(N(C(C(=O)O)C(C)(C)C)S(=O)(=O)c3cc(Cl)cc(Cl)c3)ccc2[nH]1. The van der Waals surface area contributed by atoms with Crippen molar-refractivity contribution in [1.82, 2.24) is 4.98 Å². The van der Waals surface area contributed by atoms with Crippen molar-refractivity contribution in [3.8, 4) is 0 Å². The molecule has 1 atom stereocenters. The molecule has 0 amide bonds. The van der Waals surface area contributed by atoms with Gasteiger partial charge in [0.15, 0.2) is 0 Å². The number of halogens is 2. The maximum Gasteiger partial charge on any atom is 0.328 e. The number of aromatic amines is 1. The summed E-state index contributed by atoms with van der Waals surface area (Å²) < 4.78 is 28.4. The van der Waals surface area contributed by atoms with Crippen molar-refractivity contribution in [3.63, 3.8) is 0 Å². The number of nitrogens with one attached hydrogen (secondary N) is 1. The first-order valence-electron chi connectivity index (χ1n) is 9.13. The number of fused-ring (bicyclic) bond motifs is 1. The van der Waals surface area contributed by atoms with Crippen LogP contribution in [0.1, 0.15) is 26.5 Å². The standard InChI is InChI=1S/C21H22Cl2N2O4S/c1-12-7-13-8-16(5-6-18(13)24-12)25(19(20(26)27)21(2,3)4)30(28,29)17-10-14(22)9-15(23)11-17/h5-11,19,24H,1-4H3,(H,26,27). The van der Waals surface area contributed by atoms with Crippen LogP contribution in [0.15, 0.2) is 47.4 Å². The zero-order valence-electron chi connectivity index (χ0n) is 16.9. The highest BCUT2D eigenvalue weighted by Gasteiger charge is 2.43. The smallest absolute Gasteiger partial charge is 0.328 e. The number of benzene rings is 2. The third-order valence-electron chi connectivity index (χ3n) is 4.68. The molecule has 0 saturated heterocycles. The molecule has 2 aromatic carbocycles. The Labute approximate surface area is 185 Å². The first-order chi connectivity index (χ1) is 13.8. The molecule has 6 nitrogen and oxygen atoms in total. The highest BCUT2D eigenvalue weighted by atomic mass is 35.5. The fourth-order valence-corrected chi connectivity index (χ4v) is 5.95. The lowest BCUT2D eigenvalue weighted by molar-refractivity contribution is -0.140. The van der Waals surface area contributed by atoms with E-state index in [9.17, 15) is 18.3 Å². The van der Waals surface area contributed by atoms with Crippen LogP contribution >= 0.6 is 23.2 Å². The zero-order valence-corrected chi connectivity index (χ0v) is 19.2. The maximum atomic E-state index is 13.7. The Morgan fingerprint density at radius 1 is 1.07 bits per heavy atom. The maximum absolute atomic E-state index is 13.7. The lowest BCUT2D eigenvalue weighted by Crippen LogP contribution is -2.52. The second kappa shape index (κ2) is 7.80. The van der Waals surface area contributed by atoms with Gasteiger partial charge in [0.25, 0.3) is 10.0 Å². The summed E-state index contributed by atoms with van der Waals surface area (Å²) >= 11 is 12.1. The van der Waals surface area contributed by atoms with Crippen molar-refractivity contribution in [2.75, 3.05) is 4.31 Å². The molecule has 3 aromatic rings. The van der Waals surface area contributed by atoms with Crippen LogP contribution in [0.25, 0.3) is 10.9 Å². The Morgan fingerprint density at radius 2 is 1.67 bits per heavy atom. The van der Waals surface area contributed by atoms with Crippen LogP contribution in [-0.2, 0) is 14.8 Å². The summed E-state index contributed by atoms with van der Waals surface area (Å²) in [5.74, 6) is -1.26. The van der Waals surface area contributed by atoms with Crippen LogP contribution in [0.4, 0.5) is 5.69 Å². The number of sulfonamides is 1. The molecular weight excluding hydrogens is 447 g/mol. The Morgan fingerprint density at radius 3 is 2.20 bits per heavy atom. The molecule has 1 unspecified atom stereocenters. The molecule has 0 bridgehead atoms. The van der Waals surface area contributed by atoms with Crippen LogP contribution in [0.2, 0.25) is 10.0 Å². The number of anilines is 1. The second-order valence-electron chi connectivity index (χ2n) is 8.24. The molecule has 0 radical (unpaired) electrons. The summed E-state index contributed by atoms with van der Waals surface area (Å²) in [6, 6.07) is 9.40. The summed E-state index contributed by atoms with van der Waals surface area (Å²) in [6.07, 6.45) is 0. The first kappa shape index (κ1) is 22.5. The van der Waals surface area contributed by atoms with Crippen molar-refractivity contribution in [2.24, 2.45) is 5.41 Å². The highest BCUT2D eigenvalue weighted by molar-refractivity contribution is 7.93. The molecule has 2 N–H and O–H groups in total. The molecule has 9 heteroatoms. The van der Waals surface area contributed by atoms with Crippen LogP contribution < -0.4 is 4.31 Å². The van der Waals surface area contributed by atoms with Gasteiger partial charge < -0.3 is 10.1 Å². The van der Waals surface area contributed by atoms with E-state index in [2.05, 4.69) is 4.98 Å². The van der Waals surface area contributed by atoms with Crippen LogP contribution in [0.3, 0.4) is 0 Å². The highest BCUT2D eigenvalue weighted by Crippen LogP contribution is 2.36. The van der Waals surface area contributed by atoms with Crippen molar-refractivity contribution < 1.29 is 18.3 Å². The topological polar surface area (TPSA) is 90.5 Å². The average Bonchev–Trinajstić information content (AvgIpc) is 2.96. The van der Waals surface area contributed by atoms with Gasteiger partial charge in [0.1, 0.15) is 6.04 Å². The van der Waals surface area contributed by atoms with Gasteiger partial charge in [-0.15, -0.1) is 0 Å². The predicted octanol–water partition coefficient (Wildman–Crippen LogP) is 5.48. The van der Waals surface area contributed by atoms with E-state index in [1.54, 1.807) is 39.0 Å². The van der Waals surface area contributed by atoms with Gasteiger partial charge in [0.2, 0.25) is 0 Å². The Kier molecular flexibility index (Phi) is 5.84. The second-order valence-corrected chi connectivity index (χ2v) is 10.9. The molecule has 0 aliphatic rings. The van der Waals surface area contributed by atoms with Crippen LogP contribution in [0.5, 0.6) is 0 Å². The first-order valence-corrected chi connectivity index (χ1v) is 11.3. The van der Waals surface area contributed by atoms with Gasteiger partial charge in [-0.1, -0.05) is 44.0 Å². The Hall–Kier alpha value is -2.22. The number of hydrogen-bond donors (Lipinski definition) is 2. The summed E-state index contributed by atoms with van der Waals surface area (Å²) in [5.41, 5.74) is 1.05. The minimum absolute atomic E-state index is 0.139. The molecule has 0 spiro atoms. The van der Waals surface area contributed by atoms with Crippen molar-refractivity contribution in [2.45, 2.75) is 38.6 Å². The third-order valence-corrected chi connectivity index (χ3v) is 6.88. The van der Waals surface area contributed by atoms with E-state index in [-0.39, 0.29) is 20.6 Å². The van der Waals surface area contributed by atoms with Crippen molar-refractivity contribution >= 4 is 55.8 Å². The number of carbonyl (C=O) groups is 1. The predicted molar refractivity (Wildman–Crippen MR) is 120 cm³/mol. The lowest BCUT2D eigenvalue weighted by atomic mass is 9.86. The normalized spacial score (nSPS) is 13.4. The fraction of sp³-hybridized carbons (Fsp3) is 0.286. The van der Waals surface area contributed by atoms with E-state index < -0.39 is 27.4 Å². The number of nitrogens with zero attached hydrogens (tertiary/aromatic N) is 1. The van der Waals surface area contributed by atoms with Gasteiger partial charge >= 0.3 is 5.97 Å². The van der Waals surface area contributed by atoms with Crippen molar-refractivity contribution in [1.29, 1.82) is 0 Å². The molecule has 160 valence electrons. The molecule has 30 heavy (non-hydrogen) atoms. The summed E-state index contributed by atoms with van der Waals surface area (Å²) in [6.45, 7) is 6.92. The van der Waals surface area contributed by atoms with E-state index in [4.69, 9.17) is 23.2 Å². The minimum Gasteiger partial charge on any atom is -0.480 e. The lowest BCUT2D eigenvalue weighted by Gasteiger charge is -2.37. The third kappa shape index (κ3) is 4.29. The molecule has 0 aliphatic heterocycles. The number of aryl methyl sites for hydroxylation is 1. The minimum atomic E-state index is -4.31. The quantitative estimate of drug-likeness (QED) is 0.518. The number of H-pyrrole nitrogens is 1. The molecule has 0 fully saturated rings. The molecule has 0 aliphatic carbocycles. The largest absolute Gasteiger partial charge is 0.480 e. The number of carboxylic acids is 1. The monoisotopic (exact) mass is 468 g/mol. The van der Waals surface area contributed by atoms with E-state index in [1.165, 1.54) is 18.2 Å². The van der Waals surface area contributed by atoms with Gasteiger partial charge in [-0.3, -0.25) is 4.31 Å². The van der Waals surface area contributed by atoms with Crippen LogP contribution in [-0.4, -0.2) is 30.5 Å². The van der Waals surface area contributed by atoms with Gasteiger partial charge in [0.05, 0.1) is 10.6 Å². The molecular formula is C21H22Cl2N2O4S. The Balaban J connectivity index is 2.31. The summed E-state index contributed by atoms with van der Waals surface area (Å²) in [7, 11) is -4.31. The van der Waals surface area contributed by atoms with Gasteiger partial charge in [-0.2, -0.15) is 0 Å². The molecule has 1 aromatic heterocycles. The van der Waals surface area contributed by atoms with E-state index in [0.717, 1.165) is 20.9 Å². The molecule has 1 heterocycles. The number of hydrogen-bond acceptors (Lipinski definition) is 3. The number of rotatable bonds is 5. The Bertz CT molecular complexity index is 1210. The summed E-state index contributed by atoms with van der Waals surface area (Å²) in [4.78, 5) is 15.3. The van der Waals surface area contributed by atoms with Crippen LogP contribution in [0, 0.1) is 12.3 Å². The van der Waals surface area contributed by atoms with E-state index >= 15 is 0 Å². The van der Waals surface area contributed by atoms with Gasteiger partial charge in [0, 0.05) is 26.6 Å². The molecule has 0 saturated carbocycles. The number of aliphatic carboxylic acids is 1. The van der Waals surface area contributed by atoms with Gasteiger partial charge in [-0.05, 0) is 54.8 Å². The zero-order chi connectivity index (χ0) is 22.4. The number of carboxylic acid groups (broad SMARTS) is 1. The molecule has 3 rings (SSSR count). The van der Waals surface area contributed by atoms with Gasteiger partial charge in [-0.25, -0.2) is 13.2 Å². The summed E-state index contributed by atoms with van der Waals surface area (Å²) in [5, 5.41) is 11.1. The fourth-order valence-electron chi connectivity index (χ4n) is 3.44. The number of aromatic nitrogens is 1. The average molecular weight is 469 g/mol. The van der Waals surface area contributed by atoms with E-state index in [1.807, 2.05) is 13.0 Å².